The molecule has 4 aliphatic carbocycles. The lowest BCUT2D eigenvalue weighted by atomic mass is 9.45. The molecule has 0 bridgehead atoms. The molecule has 5 N–H and O–H groups in total. The number of aromatic hydroxyl groups is 2. The second-order valence-electron chi connectivity index (χ2n) is 13.5. The van der Waals surface area contributed by atoms with E-state index in [0.717, 1.165) is 24.0 Å². The van der Waals surface area contributed by atoms with E-state index < -0.39 is 35.5 Å². The molecule has 3 fully saturated rings. The third-order valence-electron chi connectivity index (χ3n) is 11.2. The number of rotatable bonds is 9. The summed E-state index contributed by atoms with van der Waals surface area (Å²) in [6, 6.07) is 4.40. The second kappa shape index (κ2) is 11.7. The maximum atomic E-state index is 13.4. The number of hydrogen-bond acceptors (Lipinski definition) is 9. The number of benzene rings is 1. The zero-order chi connectivity index (χ0) is 31.2. The first-order valence-electron chi connectivity index (χ1n) is 15.4. The van der Waals surface area contributed by atoms with Gasteiger partial charge in [-0.15, -0.1) is 0 Å². The van der Waals surface area contributed by atoms with Crippen LogP contribution in [0.5, 0.6) is 11.5 Å². The van der Waals surface area contributed by atoms with Crippen LogP contribution in [0.1, 0.15) is 77.2 Å². The number of amides is 1. The molecule has 7 atom stereocenters. The number of phenols is 2. The average molecular weight is 598 g/mol. The molecule has 3 saturated carbocycles. The SMILES string of the molecule is CC12CCC(=O)C=C1CCC1C2C(O)CC2(C)C1CC[C@]2(O)C(=O)COC(=O)CCC(=O)NCCc1ccc(O)c(O)c1. The lowest BCUT2D eigenvalue weighted by Crippen LogP contribution is -2.62. The highest BCUT2D eigenvalue weighted by molar-refractivity contribution is 5.92. The van der Waals surface area contributed by atoms with Crippen LogP contribution < -0.4 is 5.32 Å². The van der Waals surface area contributed by atoms with Crippen LogP contribution in [0.15, 0.2) is 29.8 Å². The average Bonchev–Trinajstić information content (AvgIpc) is 3.23. The molecule has 10 heteroatoms. The maximum Gasteiger partial charge on any atom is 0.306 e. The Labute approximate surface area is 251 Å². The fraction of sp³-hybridized carbons (Fsp3) is 0.636. The van der Waals surface area contributed by atoms with Crippen molar-refractivity contribution >= 4 is 23.4 Å². The number of carbonyl (C=O) groups is 4. The molecule has 0 aromatic heterocycles. The van der Waals surface area contributed by atoms with Gasteiger partial charge in [0.25, 0.3) is 0 Å². The number of allylic oxidation sites excluding steroid dienone is 1. The largest absolute Gasteiger partial charge is 0.504 e. The van der Waals surface area contributed by atoms with E-state index in [9.17, 15) is 39.6 Å². The van der Waals surface area contributed by atoms with Crippen molar-refractivity contribution in [2.24, 2.45) is 28.6 Å². The van der Waals surface area contributed by atoms with Crippen LogP contribution >= 0.6 is 0 Å². The summed E-state index contributed by atoms with van der Waals surface area (Å²) in [5.74, 6) is -1.88. The lowest BCUT2D eigenvalue weighted by Gasteiger charge is -2.60. The third-order valence-corrected chi connectivity index (χ3v) is 11.2. The van der Waals surface area contributed by atoms with Crippen LogP contribution in [-0.2, 0) is 30.3 Å². The number of nitrogens with one attached hydrogen (secondary N) is 1. The fourth-order valence-electron chi connectivity index (χ4n) is 8.86. The maximum absolute atomic E-state index is 13.4. The molecule has 0 spiro atoms. The predicted molar refractivity (Wildman–Crippen MR) is 155 cm³/mol. The molecule has 1 aromatic rings. The highest BCUT2D eigenvalue weighted by Gasteiger charge is 2.68. The normalized spacial score (nSPS) is 34.8. The number of aliphatic hydroxyl groups excluding tert-OH is 1. The highest BCUT2D eigenvalue weighted by atomic mass is 16.5. The Bertz CT molecular complexity index is 1340. The molecule has 4 aliphatic rings. The van der Waals surface area contributed by atoms with Crippen molar-refractivity contribution in [2.45, 2.75) is 89.8 Å². The van der Waals surface area contributed by atoms with E-state index in [2.05, 4.69) is 12.2 Å². The molecule has 0 aliphatic heterocycles. The number of ether oxygens (including phenoxy) is 1. The molecule has 1 aromatic carbocycles. The number of phenolic OH excluding ortho intramolecular Hbond substituents is 2. The van der Waals surface area contributed by atoms with Crippen LogP contribution in [0, 0.1) is 28.6 Å². The molecule has 0 radical (unpaired) electrons. The van der Waals surface area contributed by atoms with Crippen molar-refractivity contribution in [3.63, 3.8) is 0 Å². The molecular formula is C33H43NO9. The summed E-state index contributed by atoms with van der Waals surface area (Å²) in [5, 5.41) is 44.9. The monoisotopic (exact) mass is 597 g/mol. The minimum absolute atomic E-state index is 0.0239. The Hall–Kier alpha value is -3.24. The first kappa shape index (κ1) is 31.2. The number of fused-ring (bicyclic) bond motifs is 5. The molecule has 0 saturated heterocycles. The molecule has 43 heavy (non-hydrogen) atoms. The molecule has 0 heterocycles. The van der Waals surface area contributed by atoms with Gasteiger partial charge in [-0.1, -0.05) is 25.5 Å². The van der Waals surface area contributed by atoms with Gasteiger partial charge in [0.2, 0.25) is 11.7 Å². The molecule has 1 amide bonds. The summed E-state index contributed by atoms with van der Waals surface area (Å²) >= 11 is 0. The van der Waals surface area contributed by atoms with Gasteiger partial charge in [0.05, 0.1) is 12.5 Å². The van der Waals surface area contributed by atoms with Gasteiger partial charge in [-0.05, 0) is 91.9 Å². The Morgan fingerprint density at radius 1 is 1.05 bits per heavy atom. The topological polar surface area (TPSA) is 170 Å². The van der Waals surface area contributed by atoms with Gasteiger partial charge in [0, 0.05) is 24.8 Å². The van der Waals surface area contributed by atoms with Crippen LogP contribution in [0.4, 0.5) is 0 Å². The zero-order valence-corrected chi connectivity index (χ0v) is 24.9. The standard InChI is InChI=1S/C33H43NO9/c1-31-12-9-21(35)16-20(31)4-5-22-23-10-13-33(42,32(23,2)17-26(38)30(22)31)27(39)18-43-29(41)8-7-28(40)34-14-11-19-3-6-24(36)25(37)15-19/h3,6,15-16,22-23,26,30,36-38,42H,4-5,7-14,17-18H2,1-2H3,(H,34,40)/t22?,23?,26?,30?,31?,32?,33-/m0/s1. The van der Waals surface area contributed by atoms with Gasteiger partial charge in [-0.2, -0.15) is 0 Å². The van der Waals surface area contributed by atoms with Crippen molar-refractivity contribution in [1.29, 1.82) is 0 Å². The zero-order valence-electron chi connectivity index (χ0n) is 24.9. The first-order valence-corrected chi connectivity index (χ1v) is 15.4. The summed E-state index contributed by atoms with van der Waals surface area (Å²) in [4.78, 5) is 50.1. The predicted octanol–water partition coefficient (Wildman–Crippen LogP) is 2.88. The van der Waals surface area contributed by atoms with E-state index in [4.69, 9.17) is 4.74 Å². The summed E-state index contributed by atoms with van der Waals surface area (Å²) in [5.41, 5.74) is -1.02. The van der Waals surface area contributed by atoms with E-state index in [-0.39, 0.29) is 78.6 Å². The molecule has 5 rings (SSSR count). The van der Waals surface area contributed by atoms with Gasteiger partial charge in [0.1, 0.15) is 5.60 Å². The summed E-state index contributed by atoms with van der Waals surface area (Å²) in [6.07, 6.45) is 5.00. The quantitative estimate of drug-likeness (QED) is 0.212. The van der Waals surface area contributed by atoms with E-state index in [1.807, 2.05) is 6.92 Å². The Balaban J connectivity index is 1.13. The lowest BCUT2D eigenvalue weighted by molar-refractivity contribution is -0.184. The van der Waals surface area contributed by atoms with E-state index in [1.165, 1.54) is 12.1 Å². The number of Topliss-reactive ketones (excluding diaryl/α,β-unsaturated/α-hetero) is 1. The van der Waals surface area contributed by atoms with Crippen molar-refractivity contribution < 1.29 is 44.3 Å². The summed E-state index contributed by atoms with van der Waals surface area (Å²) in [6.45, 7) is 3.71. The van der Waals surface area contributed by atoms with Crippen LogP contribution in [-0.4, -0.2) is 68.7 Å². The van der Waals surface area contributed by atoms with Gasteiger partial charge in [-0.25, -0.2) is 0 Å². The number of esters is 1. The molecule has 6 unspecified atom stereocenters. The molecule has 234 valence electrons. The number of aliphatic hydroxyl groups is 2. The van der Waals surface area contributed by atoms with Gasteiger partial charge in [-0.3, -0.25) is 19.2 Å². The minimum atomic E-state index is -1.73. The van der Waals surface area contributed by atoms with Crippen molar-refractivity contribution in [2.75, 3.05) is 13.2 Å². The van der Waals surface area contributed by atoms with Gasteiger partial charge in [0.15, 0.2) is 23.9 Å². The minimum Gasteiger partial charge on any atom is -0.504 e. The summed E-state index contributed by atoms with van der Waals surface area (Å²) in [7, 11) is 0. The van der Waals surface area contributed by atoms with Crippen LogP contribution in [0.25, 0.3) is 0 Å². The Kier molecular flexibility index (Phi) is 8.48. The molecular weight excluding hydrogens is 554 g/mol. The number of ketones is 2. The smallest absolute Gasteiger partial charge is 0.306 e. The molecule has 10 nitrogen and oxygen atoms in total. The summed E-state index contributed by atoms with van der Waals surface area (Å²) < 4.78 is 5.20. The van der Waals surface area contributed by atoms with Crippen molar-refractivity contribution in [3.05, 3.63) is 35.4 Å². The van der Waals surface area contributed by atoms with Crippen LogP contribution in [0.3, 0.4) is 0 Å². The second-order valence-corrected chi connectivity index (χ2v) is 13.5. The van der Waals surface area contributed by atoms with Crippen molar-refractivity contribution in [3.8, 4) is 11.5 Å². The number of hydrogen-bond donors (Lipinski definition) is 5. The van der Waals surface area contributed by atoms with E-state index in [1.54, 1.807) is 12.1 Å². The van der Waals surface area contributed by atoms with Gasteiger partial charge < -0.3 is 30.5 Å². The van der Waals surface area contributed by atoms with Crippen LogP contribution in [0.2, 0.25) is 0 Å². The van der Waals surface area contributed by atoms with Gasteiger partial charge >= 0.3 is 5.97 Å². The Morgan fingerprint density at radius 2 is 1.81 bits per heavy atom. The third kappa shape index (κ3) is 5.59. The fourth-order valence-corrected chi connectivity index (χ4v) is 8.86. The van der Waals surface area contributed by atoms with E-state index in [0.29, 0.717) is 25.7 Å². The first-order chi connectivity index (χ1) is 20.3. The van der Waals surface area contributed by atoms with Crippen molar-refractivity contribution in [1.82, 2.24) is 5.32 Å². The van der Waals surface area contributed by atoms with E-state index >= 15 is 0 Å². The Morgan fingerprint density at radius 3 is 2.56 bits per heavy atom. The highest BCUT2D eigenvalue weighted by Crippen LogP contribution is 2.67. The number of carbonyl (C=O) groups excluding carboxylic acids is 4.